The van der Waals surface area contributed by atoms with Gasteiger partial charge < -0.3 is 9.30 Å². The highest BCUT2D eigenvalue weighted by atomic mass is 16.2. The minimum absolute atomic E-state index is 0.0921. The number of aromatic nitrogens is 5. The number of benzene rings is 1. The predicted octanol–water partition coefficient (Wildman–Crippen LogP) is 2.72. The third kappa shape index (κ3) is 2.97. The molecule has 7 nitrogen and oxygen atoms in total. The number of carbonyl (C=O) groups is 1. The van der Waals surface area contributed by atoms with Crippen molar-refractivity contribution in [3.05, 3.63) is 78.5 Å². The molecule has 4 aromatic rings. The minimum Gasteiger partial charge on any atom is -0.328 e. The van der Waals surface area contributed by atoms with Crippen LogP contribution in [0.1, 0.15) is 29.0 Å². The van der Waals surface area contributed by atoms with Gasteiger partial charge in [-0.3, -0.25) is 4.79 Å². The standard InChI is InChI=1S/C20H18N6O/c27-20(18-13-22-26(23-18)16-6-2-1-3-7-16)25(15-9-10-15)14-17-12-21-19-8-4-5-11-24(17)19/h1-8,11-13,15H,9-10,14H2. The van der Waals surface area contributed by atoms with E-state index in [1.54, 1.807) is 6.20 Å². The summed E-state index contributed by atoms with van der Waals surface area (Å²) in [4.78, 5) is 20.9. The highest BCUT2D eigenvalue weighted by molar-refractivity contribution is 5.92. The molecule has 1 saturated carbocycles. The molecule has 0 radical (unpaired) electrons. The summed E-state index contributed by atoms with van der Waals surface area (Å²) in [7, 11) is 0. The molecule has 1 fully saturated rings. The van der Waals surface area contributed by atoms with Crippen molar-refractivity contribution in [1.29, 1.82) is 0 Å². The van der Waals surface area contributed by atoms with Crippen LogP contribution in [0.2, 0.25) is 0 Å². The molecule has 0 saturated heterocycles. The van der Waals surface area contributed by atoms with Gasteiger partial charge in [-0.2, -0.15) is 9.90 Å². The van der Waals surface area contributed by atoms with Crippen molar-refractivity contribution in [3.8, 4) is 5.69 Å². The number of pyridine rings is 1. The molecule has 3 heterocycles. The van der Waals surface area contributed by atoms with Crippen molar-refractivity contribution >= 4 is 11.6 Å². The summed E-state index contributed by atoms with van der Waals surface area (Å²) in [5.41, 5.74) is 3.06. The van der Waals surface area contributed by atoms with Gasteiger partial charge in [0.15, 0.2) is 5.69 Å². The van der Waals surface area contributed by atoms with Crippen LogP contribution < -0.4 is 0 Å². The second kappa shape index (κ2) is 6.35. The fourth-order valence-electron chi connectivity index (χ4n) is 3.22. The SMILES string of the molecule is O=C(c1cnn(-c2ccccc2)n1)N(Cc1cnc2ccccn12)C1CC1. The summed E-state index contributed by atoms with van der Waals surface area (Å²) in [6.45, 7) is 0.507. The lowest BCUT2D eigenvalue weighted by molar-refractivity contribution is 0.0721. The van der Waals surface area contributed by atoms with E-state index in [-0.39, 0.29) is 11.9 Å². The Morgan fingerprint density at radius 2 is 1.89 bits per heavy atom. The van der Waals surface area contributed by atoms with Crippen LogP contribution in [-0.2, 0) is 6.54 Å². The number of imidazole rings is 1. The van der Waals surface area contributed by atoms with Crippen molar-refractivity contribution in [2.45, 2.75) is 25.4 Å². The van der Waals surface area contributed by atoms with E-state index in [4.69, 9.17) is 0 Å². The predicted molar refractivity (Wildman–Crippen MR) is 99.4 cm³/mol. The maximum atomic E-state index is 13.1. The van der Waals surface area contributed by atoms with Crippen LogP contribution in [0.25, 0.3) is 11.3 Å². The third-order valence-electron chi connectivity index (χ3n) is 4.77. The van der Waals surface area contributed by atoms with Crippen LogP contribution in [0, 0.1) is 0 Å². The van der Waals surface area contributed by atoms with Gasteiger partial charge in [0.2, 0.25) is 0 Å². The van der Waals surface area contributed by atoms with E-state index in [0.29, 0.717) is 12.2 Å². The average Bonchev–Trinajstić information content (AvgIpc) is 3.29. The molecule has 3 aromatic heterocycles. The number of rotatable bonds is 5. The van der Waals surface area contributed by atoms with Gasteiger partial charge in [-0.25, -0.2) is 4.98 Å². The fraction of sp³-hybridized carbons (Fsp3) is 0.200. The highest BCUT2D eigenvalue weighted by Gasteiger charge is 2.34. The molecule has 5 rings (SSSR count). The van der Waals surface area contributed by atoms with Crippen LogP contribution in [0.4, 0.5) is 0 Å². The summed E-state index contributed by atoms with van der Waals surface area (Å²) in [5.74, 6) is -0.0921. The van der Waals surface area contributed by atoms with E-state index in [9.17, 15) is 4.79 Å². The fourth-order valence-corrected chi connectivity index (χ4v) is 3.22. The van der Waals surface area contributed by atoms with Crippen molar-refractivity contribution < 1.29 is 4.79 Å². The quantitative estimate of drug-likeness (QED) is 0.550. The molecular weight excluding hydrogens is 340 g/mol. The van der Waals surface area contributed by atoms with E-state index in [1.807, 2.05) is 70.2 Å². The number of hydrogen-bond donors (Lipinski definition) is 0. The number of nitrogens with zero attached hydrogens (tertiary/aromatic N) is 6. The van der Waals surface area contributed by atoms with Gasteiger partial charge in [-0.1, -0.05) is 24.3 Å². The lowest BCUT2D eigenvalue weighted by atomic mass is 10.3. The Labute approximate surface area is 155 Å². The first-order chi connectivity index (χ1) is 13.3. The molecule has 0 N–H and O–H groups in total. The third-order valence-corrected chi connectivity index (χ3v) is 4.77. The molecule has 0 atom stereocenters. The summed E-state index contributed by atoms with van der Waals surface area (Å²) < 4.78 is 2.02. The molecule has 27 heavy (non-hydrogen) atoms. The molecule has 1 aliphatic rings. The first-order valence-electron chi connectivity index (χ1n) is 8.99. The van der Waals surface area contributed by atoms with E-state index in [2.05, 4.69) is 15.2 Å². The minimum atomic E-state index is -0.0921. The van der Waals surface area contributed by atoms with Crippen molar-refractivity contribution in [2.75, 3.05) is 0 Å². The molecule has 134 valence electrons. The average molecular weight is 358 g/mol. The van der Waals surface area contributed by atoms with E-state index in [0.717, 1.165) is 29.9 Å². The summed E-state index contributed by atoms with van der Waals surface area (Å²) in [5, 5.41) is 8.65. The van der Waals surface area contributed by atoms with Crippen molar-refractivity contribution in [1.82, 2.24) is 29.3 Å². The molecule has 0 bridgehead atoms. The maximum absolute atomic E-state index is 13.1. The Morgan fingerprint density at radius 1 is 1.07 bits per heavy atom. The van der Waals surface area contributed by atoms with Gasteiger partial charge >= 0.3 is 0 Å². The number of amides is 1. The van der Waals surface area contributed by atoms with Gasteiger partial charge in [-0.15, -0.1) is 5.10 Å². The van der Waals surface area contributed by atoms with E-state index >= 15 is 0 Å². The summed E-state index contributed by atoms with van der Waals surface area (Å²) >= 11 is 0. The maximum Gasteiger partial charge on any atom is 0.276 e. The van der Waals surface area contributed by atoms with Gasteiger partial charge in [0.1, 0.15) is 5.65 Å². The Bertz CT molecular complexity index is 1100. The number of carbonyl (C=O) groups excluding carboxylic acids is 1. The Balaban J connectivity index is 1.42. The van der Waals surface area contributed by atoms with Gasteiger partial charge in [0.25, 0.3) is 5.91 Å². The zero-order chi connectivity index (χ0) is 18.2. The zero-order valence-electron chi connectivity index (χ0n) is 14.6. The monoisotopic (exact) mass is 358 g/mol. The van der Waals surface area contributed by atoms with Gasteiger partial charge in [0.05, 0.1) is 30.3 Å². The van der Waals surface area contributed by atoms with Crippen LogP contribution in [0.3, 0.4) is 0 Å². The normalized spacial score (nSPS) is 13.8. The summed E-state index contributed by atoms with van der Waals surface area (Å²) in [6, 6.07) is 15.7. The number of fused-ring (bicyclic) bond motifs is 1. The molecular formula is C20H18N6O. The second-order valence-corrected chi connectivity index (χ2v) is 6.70. The van der Waals surface area contributed by atoms with Crippen LogP contribution in [0.5, 0.6) is 0 Å². The van der Waals surface area contributed by atoms with Gasteiger partial charge in [0, 0.05) is 12.2 Å². The van der Waals surface area contributed by atoms with Crippen LogP contribution >= 0.6 is 0 Å². The molecule has 1 aromatic carbocycles. The van der Waals surface area contributed by atoms with Crippen molar-refractivity contribution in [2.24, 2.45) is 0 Å². The molecule has 0 unspecified atom stereocenters. The lowest BCUT2D eigenvalue weighted by Crippen LogP contribution is -2.33. The lowest BCUT2D eigenvalue weighted by Gasteiger charge is -2.21. The van der Waals surface area contributed by atoms with Gasteiger partial charge in [-0.05, 0) is 37.1 Å². The van der Waals surface area contributed by atoms with E-state index in [1.165, 1.54) is 4.80 Å². The zero-order valence-corrected chi connectivity index (χ0v) is 14.6. The largest absolute Gasteiger partial charge is 0.328 e. The number of hydrogen-bond acceptors (Lipinski definition) is 4. The smallest absolute Gasteiger partial charge is 0.276 e. The van der Waals surface area contributed by atoms with Crippen molar-refractivity contribution in [3.63, 3.8) is 0 Å². The molecule has 1 aliphatic carbocycles. The molecule has 0 spiro atoms. The first-order valence-corrected chi connectivity index (χ1v) is 8.99. The van der Waals surface area contributed by atoms with Crippen LogP contribution in [0.15, 0.2) is 67.1 Å². The Hall–Kier alpha value is -3.48. The second-order valence-electron chi connectivity index (χ2n) is 6.70. The van der Waals surface area contributed by atoms with E-state index < -0.39 is 0 Å². The molecule has 7 heteroatoms. The number of para-hydroxylation sites is 1. The Morgan fingerprint density at radius 3 is 2.70 bits per heavy atom. The summed E-state index contributed by atoms with van der Waals surface area (Å²) in [6.07, 6.45) is 7.39. The van der Waals surface area contributed by atoms with Crippen LogP contribution in [-0.4, -0.2) is 41.2 Å². The Kier molecular flexibility index (Phi) is 3.71. The highest BCUT2D eigenvalue weighted by Crippen LogP contribution is 2.29. The molecule has 1 amide bonds. The topological polar surface area (TPSA) is 68.3 Å². The molecule has 0 aliphatic heterocycles. The first kappa shape index (κ1) is 15.7.